The second kappa shape index (κ2) is 15.9. The SMILES string of the molecule is c1ccc(-c2ccc(-c3cc(N(c4ccccc4)c4cccc(N(c5ccccc5)c5ccccc5)c4-c4ccccc4)cc(-c4ccccc4)n3)cc2)cc1. The van der Waals surface area contributed by atoms with Gasteiger partial charge >= 0.3 is 0 Å². The largest absolute Gasteiger partial charge is 0.310 e. The first kappa shape index (κ1) is 34.3. The number of hydrogen-bond acceptors (Lipinski definition) is 3. The molecule has 0 bridgehead atoms. The summed E-state index contributed by atoms with van der Waals surface area (Å²) in [5.74, 6) is 0. The highest BCUT2D eigenvalue weighted by atomic mass is 15.2. The number of aromatic nitrogens is 1. The van der Waals surface area contributed by atoms with Crippen molar-refractivity contribution in [2.45, 2.75) is 0 Å². The topological polar surface area (TPSA) is 19.4 Å². The lowest BCUT2D eigenvalue weighted by Crippen LogP contribution is -2.15. The van der Waals surface area contributed by atoms with Crippen molar-refractivity contribution in [2.75, 3.05) is 9.80 Å². The number of benzene rings is 8. The molecule has 9 rings (SSSR count). The summed E-state index contributed by atoms with van der Waals surface area (Å²) in [6.45, 7) is 0. The lowest BCUT2D eigenvalue weighted by Gasteiger charge is -2.33. The van der Waals surface area contributed by atoms with E-state index in [-0.39, 0.29) is 0 Å². The van der Waals surface area contributed by atoms with E-state index in [4.69, 9.17) is 4.98 Å². The summed E-state index contributed by atoms with van der Waals surface area (Å²) in [7, 11) is 0. The zero-order valence-electron chi connectivity index (χ0n) is 30.9. The van der Waals surface area contributed by atoms with Crippen molar-refractivity contribution in [1.29, 1.82) is 0 Å². The van der Waals surface area contributed by atoms with Gasteiger partial charge in [-0.3, -0.25) is 0 Å². The van der Waals surface area contributed by atoms with E-state index in [1.54, 1.807) is 0 Å². The number of pyridine rings is 1. The van der Waals surface area contributed by atoms with Crippen LogP contribution in [0, 0.1) is 0 Å². The van der Waals surface area contributed by atoms with Crippen LogP contribution in [0.15, 0.2) is 237 Å². The van der Waals surface area contributed by atoms with Crippen LogP contribution >= 0.6 is 0 Å². The van der Waals surface area contributed by atoms with Crippen molar-refractivity contribution in [3.05, 3.63) is 237 Å². The Morgan fingerprint density at radius 2 is 0.571 bits per heavy atom. The average Bonchev–Trinajstić information content (AvgIpc) is 3.29. The molecule has 56 heavy (non-hydrogen) atoms. The van der Waals surface area contributed by atoms with E-state index in [2.05, 4.69) is 246 Å². The van der Waals surface area contributed by atoms with Gasteiger partial charge in [-0.25, -0.2) is 4.98 Å². The maximum atomic E-state index is 5.32. The Kier molecular flexibility index (Phi) is 9.71. The van der Waals surface area contributed by atoms with Crippen LogP contribution in [0.2, 0.25) is 0 Å². The van der Waals surface area contributed by atoms with Gasteiger partial charge in [0.05, 0.1) is 28.5 Å². The van der Waals surface area contributed by atoms with Crippen LogP contribution in [-0.4, -0.2) is 4.98 Å². The molecule has 0 unspecified atom stereocenters. The van der Waals surface area contributed by atoms with E-state index >= 15 is 0 Å². The highest BCUT2D eigenvalue weighted by molar-refractivity contribution is 5.99. The Morgan fingerprint density at radius 1 is 0.250 bits per heavy atom. The van der Waals surface area contributed by atoms with Crippen molar-refractivity contribution in [1.82, 2.24) is 4.98 Å². The molecule has 0 saturated heterocycles. The summed E-state index contributed by atoms with van der Waals surface area (Å²) in [6, 6.07) is 83.5. The molecule has 0 aliphatic heterocycles. The number of anilines is 6. The second-order valence-corrected chi connectivity index (χ2v) is 13.6. The molecule has 0 spiro atoms. The molecule has 0 atom stereocenters. The van der Waals surface area contributed by atoms with E-state index in [0.29, 0.717) is 0 Å². The van der Waals surface area contributed by atoms with Gasteiger partial charge in [-0.2, -0.15) is 0 Å². The Balaban J connectivity index is 1.30. The number of para-hydroxylation sites is 3. The Labute approximate surface area is 329 Å². The first-order valence-electron chi connectivity index (χ1n) is 19.0. The molecule has 3 nitrogen and oxygen atoms in total. The third kappa shape index (κ3) is 7.10. The summed E-state index contributed by atoms with van der Waals surface area (Å²) in [4.78, 5) is 10.1. The molecular weight excluding hydrogens is 679 g/mol. The normalized spacial score (nSPS) is 10.9. The Morgan fingerprint density at radius 3 is 1.02 bits per heavy atom. The highest BCUT2D eigenvalue weighted by Crippen LogP contribution is 2.49. The zero-order chi connectivity index (χ0) is 37.5. The summed E-state index contributed by atoms with van der Waals surface area (Å²) >= 11 is 0. The molecule has 266 valence electrons. The van der Waals surface area contributed by atoms with Crippen molar-refractivity contribution in [3.63, 3.8) is 0 Å². The van der Waals surface area contributed by atoms with E-state index in [1.165, 1.54) is 11.1 Å². The fourth-order valence-electron chi connectivity index (χ4n) is 7.40. The van der Waals surface area contributed by atoms with Crippen LogP contribution < -0.4 is 9.80 Å². The molecule has 0 N–H and O–H groups in total. The van der Waals surface area contributed by atoms with Gasteiger partial charge in [-0.05, 0) is 77.4 Å². The van der Waals surface area contributed by atoms with Crippen LogP contribution in [0.5, 0.6) is 0 Å². The number of hydrogen-bond donors (Lipinski definition) is 0. The molecule has 1 aromatic heterocycles. The van der Waals surface area contributed by atoms with Gasteiger partial charge in [0.15, 0.2) is 0 Å². The second-order valence-electron chi connectivity index (χ2n) is 13.6. The number of rotatable bonds is 10. The van der Waals surface area contributed by atoms with Crippen molar-refractivity contribution >= 4 is 34.1 Å². The molecule has 0 aliphatic rings. The van der Waals surface area contributed by atoms with Crippen LogP contribution in [0.25, 0.3) is 44.8 Å². The summed E-state index contributed by atoms with van der Waals surface area (Å²) in [5.41, 5.74) is 14.8. The minimum Gasteiger partial charge on any atom is -0.310 e. The predicted octanol–water partition coefficient (Wildman–Crippen LogP) is 14.7. The first-order valence-corrected chi connectivity index (χ1v) is 19.0. The van der Waals surface area contributed by atoms with Crippen LogP contribution in [0.4, 0.5) is 34.1 Å². The van der Waals surface area contributed by atoms with Crippen LogP contribution in [0.1, 0.15) is 0 Å². The Bertz CT molecular complexity index is 2610. The predicted molar refractivity (Wildman–Crippen MR) is 235 cm³/mol. The van der Waals surface area contributed by atoms with Gasteiger partial charge in [-0.1, -0.05) is 176 Å². The third-order valence-corrected chi connectivity index (χ3v) is 10.0. The molecule has 3 heteroatoms. The lowest BCUT2D eigenvalue weighted by molar-refractivity contribution is 1.23. The molecule has 0 saturated carbocycles. The summed E-state index contributed by atoms with van der Waals surface area (Å²) in [6.07, 6.45) is 0. The van der Waals surface area contributed by atoms with Gasteiger partial charge in [0.1, 0.15) is 0 Å². The maximum Gasteiger partial charge on any atom is 0.0730 e. The first-order chi connectivity index (χ1) is 27.8. The molecule has 0 fully saturated rings. The van der Waals surface area contributed by atoms with Crippen LogP contribution in [-0.2, 0) is 0 Å². The molecule has 0 amide bonds. The molecular formula is C53H39N3. The number of nitrogens with zero attached hydrogens (tertiary/aromatic N) is 3. The summed E-state index contributed by atoms with van der Waals surface area (Å²) in [5, 5.41) is 0. The van der Waals surface area contributed by atoms with E-state index in [9.17, 15) is 0 Å². The Hall–Kier alpha value is -7.49. The fourth-order valence-corrected chi connectivity index (χ4v) is 7.40. The maximum absolute atomic E-state index is 5.32. The minimum absolute atomic E-state index is 0.898. The fraction of sp³-hybridized carbons (Fsp3) is 0. The minimum atomic E-state index is 0.898. The van der Waals surface area contributed by atoms with Gasteiger partial charge in [0.25, 0.3) is 0 Å². The van der Waals surface area contributed by atoms with Crippen molar-refractivity contribution < 1.29 is 0 Å². The molecule has 9 aromatic rings. The van der Waals surface area contributed by atoms with E-state index in [0.717, 1.165) is 67.8 Å². The molecule has 0 radical (unpaired) electrons. The highest BCUT2D eigenvalue weighted by Gasteiger charge is 2.25. The van der Waals surface area contributed by atoms with Crippen molar-refractivity contribution in [2.24, 2.45) is 0 Å². The van der Waals surface area contributed by atoms with Gasteiger partial charge < -0.3 is 9.80 Å². The van der Waals surface area contributed by atoms with Gasteiger partial charge in [0, 0.05) is 33.8 Å². The monoisotopic (exact) mass is 717 g/mol. The van der Waals surface area contributed by atoms with Crippen molar-refractivity contribution in [3.8, 4) is 44.8 Å². The molecule has 8 aromatic carbocycles. The molecule has 1 heterocycles. The quantitative estimate of drug-likeness (QED) is 0.140. The average molecular weight is 718 g/mol. The smallest absolute Gasteiger partial charge is 0.0730 e. The van der Waals surface area contributed by atoms with Gasteiger partial charge in [0.2, 0.25) is 0 Å². The van der Waals surface area contributed by atoms with Crippen LogP contribution in [0.3, 0.4) is 0 Å². The third-order valence-electron chi connectivity index (χ3n) is 10.0. The van der Waals surface area contributed by atoms with Gasteiger partial charge in [-0.15, -0.1) is 0 Å². The summed E-state index contributed by atoms with van der Waals surface area (Å²) < 4.78 is 0. The lowest BCUT2D eigenvalue weighted by atomic mass is 9.97. The van der Waals surface area contributed by atoms with E-state index < -0.39 is 0 Å². The standard InChI is InChI=1S/C53H39N3/c1-7-20-40(21-8-1)41-34-36-43(37-35-41)50-39-48(38-49(54-50)42-22-9-2-10-23-42)56(47-30-17-6-18-31-47)52-33-19-32-51(53(52)44-24-11-3-12-25-44)55(45-26-13-4-14-27-45)46-28-15-5-16-29-46/h1-39H. The van der Waals surface area contributed by atoms with E-state index in [1.807, 2.05) is 0 Å². The zero-order valence-corrected chi connectivity index (χ0v) is 30.9. The molecule has 0 aliphatic carbocycles.